The van der Waals surface area contributed by atoms with Crippen LogP contribution < -0.4 is 0 Å². The van der Waals surface area contributed by atoms with Crippen molar-refractivity contribution in [2.45, 2.75) is 64.0 Å². The molecule has 0 spiro atoms. The number of furan rings is 1. The molecular weight excluding hydrogens is 374 g/mol. The highest BCUT2D eigenvalue weighted by molar-refractivity contribution is 6.30. The van der Waals surface area contributed by atoms with E-state index in [2.05, 4.69) is 26.0 Å². The summed E-state index contributed by atoms with van der Waals surface area (Å²) in [5.74, 6) is 0.962. The lowest BCUT2D eigenvalue weighted by atomic mass is 9.67. The van der Waals surface area contributed by atoms with Gasteiger partial charge in [0.15, 0.2) is 0 Å². The third kappa shape index (κ3) is 4.98. The lowest BCUT2D eigenvalue weighted by molar-refractivity contribution is -0.132. The van der Waals surface area contributed by atoms with E-state index in [0.717, 1.165) is 36.7 Å². The van der Waals surface area contributed by atoms with E-state index in [1.807, 2.05) is 36.1 Å². The van der Waals surface area contributed by atoms with E-state index in [4.69, 9.17) is 20.8 Å². The Labute approximate surface area is 172 Å². The van der Waals surface area contributed by atoms with Gasteiger partial charge in [-0.3, -0.25) is 4.79 Å². The van der Waals surface area contributed by atoms with Gasteiger partial charge in [-0.25, -0.2) is 0 Å². The Kier molecular flexibility index (Phi) is 6.51. The summed E-state index contributed by atoms with van der Waals surface area (Å²) in [5, 5.41) is 0.742. The number of rotatable bonds is 7. The Balaban J connectivity index is 1.83. The Morgan fingerprint density at radius 3 is 2.57 bits per heavy atom. The van der Waals surface area contributed by atoms with Crippen LogP contribution in [0.4, 0.5) is 0 Å². The second-order valence-corrected chi connectivity index (χ2v) is 8.76. The molecule has 2 aromatic rings. The average Bonchev–Trinajstić information content (AvgIpc) is 3.17. The molecule has 152 valence electrons. The molecule has 1 unspecified atom stereocenters. The van der Waals surface area contributed by atoms with Crippen LogP contribution in [0, 0.1) is 0 Å². The molecule has 0 radical (unpaired) electrons. The molecule has 0 N–H and O–H groups in total. The molecule has 28 heavy (non-hydrogen) atoms. The largest absolute Gasteiger partial charge is 0.467 e. The quantitative estimate of drug-likeness (QED) is 0.605. The lowest BCUT2D eigenvalue weighted by Gasteiger charge is -2.46. The van der Waals surface area contributed by atoms with Crippen molar-refractivity contribution in [3.63, 3.8) is 0 Å². The molecule has 1 aromatic heterocycles. The fraction of sp³-hybridized carbons (Fsp3) is 0.522. The number of carbonyl (C=O) groups excluding carboxylic acids is 1. The van der Waals surface area contributed by atoms with Crippen LogP contribution in [0.25, 0.3) is 0 Å². The van der Waals surface area contributed by atoms with E-state index in [1.54, 1.807) is 6.26 Å². The van der Waals surface area contributed by atoms with Crippen LogP contribution in [0.1, 0.15) is 57.8 Å². The normalized spacial score (nSPS) is 21.4. The predicted molar refractivity (Wildman–Crippen MR) is 111 cm³/mol. The molecule has 5 heteroatoms. The van der Waals surface area contributed by atoms with Crippen molar-refractivity contribution in [2.75, 3.05) is 13.2 Å². The Bertz CT molecular complexity index is 770. The molecule has 1 aliphatic rings. The van der Waals surface area contributed by atoms with Gasteiger partial charge in [0.25, 0.3) is 0 Å². The minimum absolute atomic E-state index is 0.0399. The number of amides is 1. The van der Waals surface area contributed by atoms with E-state index < -0.39 is 0 Å². The minimum atomic E-state index is -0.196. The Morgan fingerprint density at radius 1 is 1.21 bits per heavy atom. The standard InChI is InChI=1S/C23H30ClNO3/c1-4-21(26)25(16-20-6-5-14-27-20)13-11-23(12-15-28-22(2,3)17-23)18-7-9-19(24)10-8-18/h5-10,14H,4,11-13,15-17H2,1-3H3. The van der Waals surface area contributed by atoms with Crippen molar-refractivity contribution in [3.05, 3.63) is 59.0 Å². The maximum Gasteiger partial charge on any atom is 0.222 e. The number of carbonyl (C=O) groups is 1. The Hall–Kier alpha value is -1.78. The lowest BCUT2D eigenvalue weighted by Crippen LogP contribution is -2.46. The van der Waals surface area contributed by atoms with Crippen LogP contribution in [0.3, 0.4) is 0 Å². The van der Waals surface area contributed by atoms with Gasteiger partial charge in [0, 0.05) is 30.0 Å². The summed E-state index contributed by atoms with van der Waals surface area (Å²) in [7, 11) is 0. The highest BCUT2D eigenvalue weighted by Crippen LogP contribution is 2.44. The van der Waals surface area contributed by atoms with Gasteiger partial charge in [0.05, 0.1) is 18.4 Å². The van der Waals surface area contributed by atoms with Gasteiger partial charge in [-0.15, -0.1) is 0 Å². The third-order valence-electron chi connectivity index (χ3n) is 5.74. The SMILES string of the molecule is CCC(=O)N(CCC1(c2ccc(Cl)cc2)CCOC(C)(C)C1)Cc1ccco1. The fourth-order valence-electron chi connectivity index (χ4n) is 4.34. The third-order valence-corrected chi connectivity index (χ3v) is 5.99. The molecule has 0 bridgehead atoms. The first-order chi connectivity index (χ1) is 13.3. The molecule has 1 amide bonds. The highest BCUT2D eigenvalue weighted by atomic mass is 35.5. The summed E-state index contributed by atoms with van der Waals surface area (Å²) in [6.07, 6.45) is 4.88. The van der Waals surface area contributed by atoms with Crippen molar-refractivity contribution in [1.82, 2.24) is 4.90 Å². The molecule has 1 fully saturated rings. The predicted octanol–water partition coefficient (Wildman–Crippen LogP) is 5.59. The maximum atomic E-state index is 12.6. The molecule has 3 rings (SSSR count). The summed E-state index contributed by atoms with van der Waals surface area (Å²) >= 11 is 6.13. The molecule has 0 saturated carbocycles. The number of halogens is 1. The topological polar surface area (TPSA) is 42.7 Å². The molecule has 4 nitrogen and oxygen atoms in total. The van der Waals surface area contributed by atoms with Gasteiger partial charge in [-0.2, -0.15) is 0 Å². The van der Waals surface area contributed by atoms with Crippen LogP contribution >= 0.6 is 11.6 Å². The summed E-state index contributed by atoms with van der Waals surface area (Å²) in [6, 6.07) is 11.9. The van der Waals surface area contributed by atoms with Gasteiger partial charge in [-0.1, -0.05) is 30.7 Å². The molecule has 1 saturated heterocycles. The second kappa shape index (κ2) is 8.71. The van der Waals surface area contributed by atoms with Gasteiger partial charge in [0.2, 0.25) is 5.91 Å². The second-order valence-electron chi connectivity index (χ2n) is 8.32. The van der Waals surface area contributed by atoms with Crippen LogP contribution in [-0.2, 0) is 21.5 Å². The minimum Gasteiger partial charge on any atom is -0.467 e. The zero-order valence-corrected chi connectivity index (χ0v) is 17.8. The van der Waals surface area contributed by atoms with Crippen molar-refractivity contribution in [1.29, 1.82) is 0 Å². The van der Waals surface area contributed by atoms with E-state index in [9.17, 15) is 4.79 Å². The smallest absolute Gasteiger partial charge is 0.222 e. The maximum absolute atomic E-state index is 12.6. The molecule has 1 aliphatic heterocycles. The van der Waals surface area contributed by atoms with Gasteiger partial charge >= 0.3 is 0 Å². The van der Waals surface area contributed by atoms with Crippen LogP contribution in [0.15, 0.2) is 47.1 Å². The van der Waals surface area contributed by atoms with Crippen molar-refractivity contribution < 1.29 is 13.9 Å². The first-order valence-corrected chi connectivity index (χ1v) is 10.4. The van der Waals surface area contributed by atoms with Gasteiger partial charge in [0.1, 0.15) is 5.76 Å². The van der Waals surface area contributed by atoms with E-state index in [0.29, 0.717) is 19.5 Å². The summed E-state index contributed by atoms with van der Waals surface area (Å²) in [6.45, 7) is 8.12. The molecule has 1 aromatic carbocycles. The van der Waals surface area contributed by atoms with Crippen LogP contribution in [0.2, 0.25) is 5.02 Å². The number of hydrogen-bond acceptors (Lipinski definition) is 3. The molecule has 0 aliphatic carbocycles. The van der Waals surface area contributed by atoms with Crippen molar-refractivity contribution in [2.24, 2.45) is 0 Å². The zero-order chi connectivity index (χ0) is 20.2. The van der Waals surface area contributed by atoms with Crippen molar-refractivity contribution in [3.8, 4) is 0 Å². The number of ether oxygens (including phenoxy) is 1. The molecule has 1 atom stereocenters. The number of benzene rings is 1. The highest BCUT2D eigenvalue weighted by Gasteiger charge is 2.42. The summed E-state index contributed by atoms with van der Waals surface area (Å²) in [4.78, 5) is 14.5. The molecular formula is C23H30ClNO3. The number of nitrogens with zero attached hydrogens (tertiary/aromatic N) is 1. The summed E-state index contributed by atoms with van der Waals surface area (Å²) in [5.41, 5.74) is 1.04. The first kappa shape index (κ1) is 20.9. The zero-order valence-electron chi connectivity index (χ0n) is 17.0. The van der Waals surface area contributed by atoms with Crippen molar-refractivity contribution >= 4 is 17.5 Å². The van der Waals surface area contributed by atoms with E-state index >= 15 is 0 Å². The van der Waals surface area contributed by atoms with Gasteiger partial charge in [-0.05, 0) is 62.9 Å². The van der Waals surface area contributed by atoms with Crippen LogP contribution in [0.5, 0.6) is 0 Å². The number of hydrogen-bond donors (Lipinski definition) is 0. The van der Waals surface area contributed by atoms with Gasteiger partial charge < -0.3 is 14.1 Å². The van der Waals surface area contributed by atoms with E-state index in [-0.39, 0.29) is 16.9 Å². The van der Waals surface area contributed by atoms with E-state index in [1.165, 1.54) is 5.56 Å². The summed E-state index contributed by atoms with van der Waals surface area (Å²) < 4.78 is 11.5. The molecule has 2 heterocycles. The van der Waals surface area contributed by atoms with Crippen LogP contribution in [-0.4, -0.2) is 29.6 Å². The fourth-order valence-corrected chi connectivity index (χ4v) is 4.47. The Morgan fingerprint density at radius 2 is 1.96 bits per heavy atom. The monoisotopic (exact) mass is 403 g/mol. The first-order valence-electron chi connectivity index (χ1n) is 10.0. The average molecular weight is 404 g/mol.